The molecular weight excluding hydrogens is 220 g/mol. The van der Waals surface area contributed by atoms with Gasteiger partial charge in [0.2, 0.25) is 0 Å². The molecule has 1 aliphatic heterocycles. The van der Waals surface area contributed by atoms with E-state index >= 15 is 0 Å². The molecule has 0 spiro atoms. The topological polar surface area (TPSA) is 102 Å². The van der Waals surface area contributed by atoms with Gasteiger partial charge in [0.05, 0.1) is 6.61 Å². The van der Waals surface area contributed by atoms with E-state index < -0.39 is 36.5 Å². The van der Waals surface area contributed by atoms with Gasteiger partial charge in [0.1, 0.15) is 6.10 Å². The number of carbonyl (C=O) groups is 2. The van der Waals surface area contributed by atoms with Gasteiger partial charge in [-0.15, -0.1) is 0 Å². The van der Waals surface area contributed by atoms with Gasteiger partial charge in [-0.1, -0.05) is 0 Å². The van der Waals surface area contributed by atoms with Crippen molar-refractivity contribution in [2.24, 2.45) is 0 Å². The summed E-state index contributed by atoms with van der Waals surface area (Å²) in [5, 5.41) is 19.0. The van der Waals surface area contributed by atoms with Crippen LogP contribution in [0.1, 0.15) is 13.8 Å². The van der Waals surface area contributed by atoms with Crippen molar-refractivity contribution in [3.8, 4) is 0 Å². The maximum absolute atomic E-state index is 10.7. The van der Waals surface area contributed by atoms with Crippen molar-refractivity contribution in [2.75, 3.05) is 6.61 Å². The molecule has 0 unspecified atom stereocenters. The second-order valence-corrected chi connectivity index (χ2v) is 3.44. The number of esters is 2. The highest BCUT2D eigenvalue weighted by Crippen LogP contribution is 2.19. The number of hydrogen-bond acceptors (Lipinski definition) is 7. The van der Waals surface area contributed by atoms with Crippen LogP contribution in [0.3, 0.4) is 0 Å². The zero-order valence-corrected chi connectivity index (χ0v) is 8.95. The van der Waals surface area contributed by atoms with Crippen LogP contribution in [0.4, 0.5) is 0 Å². The van der Waals surface area contributed by atoms with Gasteiger partial charge in [-0.05, 0) is 0 Å². The molecule has 1 rings (SSSR count). The number of carbonyl (C=O) groups excluding carboxylic acids is 2. The van der Waals surface area contributed by atoms with Crippen molar-refractivity contribution >= 4 is 11.9 Å². The molecule has 0 aromatic rings. The Morgan fingerprint density at radius 3 is 2.25 bits per heavy atom. The molecule has 4 atom stereocenters. The summed E-state index contributed by atoms with van der Waals surface area (Å²) < 4.78 is 14.2. The fourth-order valence-electron chi connectivity index (χ4n) is 1.40. The Balaban J connectivity index is 2.66. The highest BCUT2D eigenvalue weighted by Gasteiger charge is 2.42. The van der Waals surface area contributed by atoms with E-state index in [0.717, 1.165) is 6.92 Å². The second kappa shape index (κ2) is 5.24. The Kier molecular flexibility index (Phi) is 4.22. The predicted octanol–water partition coefficient (Wildman–Crippen LogP) is -1.44. The van der Waals surface area contributed by atoms with E-state index in [1.807, 2.05) is 0 Å². The average molecular weight is 234 g/mol. The summed E-state index contributed by atoms with van der Waals surface area (Å²) in [5.41, 5.74) is 0. The second-order valence-electron chi connectivity index (χ2n) is 3.44. The summed E-state index contributed by atoms with van der Waals surface area (Å²) in [7, 11) is 0. The SMILES string of the molecule is CC(=O)O[C@H]1[C@H](O)[C@H](OC(C)=O)CO[C@@H]1O. The lowest BCUT2D eigenvalue weighted by molar-refractivity contribution is -0.263. The summed E-state index contributed by atoms with van der Waals surface area (Å²) in [6.45, 7) is 2.16. The Morgan fingerprint density at radius 1 is 1.19 bits per heavy atom. The lowest BCUT2D eigenvalue weighted by Crippen LogP contribution is -2.55. The molecule has 1 aliphatic rings. The summed E-state index contributed by atoms with van der Waals surface area (Å²) in [6, 6.07) is 0. The molecular formula is C9H14O7. The van der Waals surface area contributed by atoms with Crippen LogP contribution in [0, 0.1) is 0 Å². The van der Waals surface area contributed by atoms with Gasteiger partial charge in [-0.3, -0.25) is 9.59 Å². The summed E-state index contributed by atoms with van der Waals surface area (Å²) in [6.07, 6.45) is -4.94. The Bertz CT molecular complexity index is 277. The minimum Gasteiger partial charge on any atom is -0.457 e. The van der Waals surface area contributed by atoms with Gasteiger partial charge in [-0.2, -0.15) is 0 Å². The standard InChI is InChI=1S/C9H14O7/c1-4(10)15-6-3-14-9(13)8(7(6)12)16-5(2)11/h6-9,12-13H,3H2,1-2H3/t6-,7-,8+,9+/m1/s1. The maximum Gasteiger partial charge on any atom is 0.303 e. The molecule has 0 aromatic carbocycles. The third-order valence-corrected chi connectivity index (χ3v) is 2.05. The number of aliphatic hydroxyl groups excluding tert-OH is 2. The van der Waals surface area contributed by atoms with E-state index in [9.17, 15) is 19.8 Å². The number of aliphatic hydroxyl groups is 2. The molecule has 0 bridgehead atoms. The molecule has 0 aliphatic carbocycles. The van der Waals surface area contributed by atoms with Crippen molar-refractivity contribution in [3.05, 3.63) is 0 Å². The summed E-state index contributed by atoms with van der Waals surface area (Å²) in [5.74, 6) is -1.26. The zero-order chi connectivity index (χ0) is 12.3. The van der Waals surface area contributed by atoms with Crippen molar-refractivity contribution in [2.45, 2.75) is 38.4 Å². The molecule has 1 fully saturated rings. The fourth-order valence-corrected chi connectivity index (χ4v) is 1.40. The van der Waals surface area contributed by atoms with Crippen molar-refractivity contribution < 1.29 is 34.0 Å². The molecule has 1 saturated heterocycles. The van der Waals surface area contributed by atoms with Crippen molar-refractivity contribution in [3.63, 3.8) is 0 Å². The van der Waals surface area contributed by atoms with E-state index in [-0.39, 0.29) is 6.61 Å². The zero-order valence-electron chi connectivity index (χ0n) is 8.95. The first-order valence-electron chi connectivity index (χ1n) is 4.74. The van der Waals surface area contributed by atoms with Crippen LogP contribution < -0.4 is 0 Å². The Hall–Kier alpha value is -1.18. The molecule has 92 valence electrons. The van der Waals surface area contributed by atoms with Gasteiger partial charge in [-0.25, -0.2) is 0 Å². The normalized spacial score (nSPS) is 34.2. The molecule has 2 N–H and O–H groups in total. The molecule has 0 saturated carbocycles. The average Bonchev–Trinajstić information content (AvgIpc) is 2.16. The minimum absolute atomic E-state index is 0.153. The lowest BCUT2D eigenvalue weighted by atomic mass is 10.1. The van der Waals surface area contributed by atoms with Gasteiger partial charge in [0.25, 0.3) is 0 Å². The van der Waals surface area contributed by atoms with Crippen LogP contribution >= 0.6 is 0 Å². The number of hydrogen-bond donors (Lipinski definition) is 2. The van der Waals surface area contributed by atoms with Crippen LogP contribution in [0.2, 0.25) is 0 Å². The minimum atomic E-state index is -1.43. The summed E-state index contributed by atoms with van der Waals surface area (Å²) in [4.78, 5) is 21.4. The monoisotopic (exact) mass is 234 g/mol. The molecule has 0 aromatic heterocycles. The smallest absolute Gasteiger partial charge is 0.303 e. The molecule has 7 nitrogen and oxygen atoms in total. The van der Waals surface area contributed by atoms with Gasteiger partial charge in [0, 0.05) is 13.8 Å². The van der Waals surface area contributed by atoms with Crippen LogP contribution in [0.5, 0.6) is 0 Å². The van der Waals surface area contributed by atoms with Crippen molar-refractivity contribution in [1.82, 2.24) is 0 Å². The maximum atomic E-state index is 10.7. The van der Waals surface area contributed by atoms with E-state index in [2.05, 4.69) is 4.74 Å². The summed E-state index contributed by atoms with van der Waals surface area (Å²) >= 11 is 0. The number of ether oxygens (including phenoxy) is 3. The molecule has 16 heavy (non-hydrogen) atoms. The first-order valence-corrected chi connectivity index (χ1v) is 4.74. The Labute approximate surface area is 91.9 Å². The largest absolute Gasteiger partial charge is 0.457 e. The first-order chi connectivity index (χ1) is 7.41. The van der Waals surface area contributed by atoms with Crippen LogP contribution in [0.15, 0.2) is 0 Å². The van der Waals surface area contributed by atoms with Crippen LogP contribution in [0.25, 0.3) is 0 Å². The van der Waals surface area contributed by atoms with Crippen molar-refractivity contribution in [1.29, 1.82) is 0 Å². The third kappa shape index (κ3) is 3.16. The predicted molar refractivity (Wildman–Crippen MR) is 49.1 cm³/mol. The molecule has 0 amide bonds. The van der Waals surface area contributed by atoms with Gasteiger partial charge >= 0.3 is 11.9 Å². The molecule has 0 radical (unpaired) electrons. The molecule has 7 heteroatoms. The number of rotatable bonds is 2. The van der Waals surface area contributed by atoms with Gasteiger partial charge in [0.15, 0.2) is 18.5 Å². The highest BCUT2D eigenvalue weighted by molar-refractivity contribution is 5.67. The molecule has 1 heterocycles. The highest BCUT2D eigenvalue weighted by atomic mass is 16.7. The van der Waals surface area contributed by atoms with E-state index in [0.29, 0.717) is 0 Å². The van der Waals surface area contributed by atoms with E-state index in [1.54, 1.807) is 0 Å². The van der Waals surface area contributed by atoms with E-state index in [4.69, 9.17) is 9.47 Å². The Morgan fingerprint density at radius 2 is 1.75 bits per heavy atom. The van der Waals surface area contributed by atoms with E-state index in [1.165, 1.54) is 6.92 Å². The van der Waals surface area contributed by atoms with Crippen LogP contribution in [-0.4, -0.2) is 53.4 Å². The third-order valence-electron chi connectivity index (χ3n) is 2.05. The first kappa shape index (κ1) is 12.9. The van der Waals surface area contributed by atoms with Crippen LogP contribution in [-0.2, 0) is 23.8 Å². The lowest BCUT2D eigenvalue weighted by Gasteiger charge is -2.36. The fraction of sp³-hybridized carbons (Fsp3) is 0.778. The van der Waals surface area contributed by atoms with Gasteiger partial charge < -0.3 is 24.4 Å². The quantitative estimate of drug-likeness (QED) is 0.564.